The van der Waals surface area contributed by atoms with E-state index in [1.54, 1.807) is 0 Å². The summed E-state index contributed by atoms with van der Waals surface area (Å²) < 4.78 is 0. The molecule has 1 heterocycles. The molecule has 3 heteroatoms. The first-order valence-corrected chi connectivity index (χ1v) is 6.99. The quantitative estimate of drug-likeness (QED) is 0.923. The molecule has 3 nitrogen and oxygen atoms in total. The number of benzene rings is 2. The van der Waals surface area contributed by atoms with Crippen molar-refractivity contribution >= 4 is 5.71 Å². The fourth-order valence-electron chi connectivity index (χ4n) is 2.63. The lowest BCUT2D eigenvalue weighted by molar-refractivity contribution is 0.224. The summed E-state index contributed by atoms with van der Waals surface area (Å²) in [7, 11) is 0. The van der Waals surface area contributed by atoms with Crippen LogP contribution in [0.4, 0.5) is 0 Å². The summed E-state index contributed by atoms with van der Waals surface area (Å²) in [6.45, 7) is 1.36. The van der Waals surface area contributed by atoms with E-state index in [4.69, 9.17) is 5.73 Å². The first-order chi connectivity index (χ1) is 9.86. The van der Waals surface area contributed by atoms with Crippen LogP contribution in [0.3, 0.4) is 0 Å². The van der Waals surface area contributed by atoms with Crippen molar-refractivity contribution in [2.24, 2.45) is 10.8 Å². The molecule has 1 aliphatic heterocycles. The predicted octanol–water partition coefficient (Wildman–Crippen LogP) is 2.95. The first kappa shape index (κ1) is 12.9. The zero-order chi connectivity index (χ0) is 13.8. The van der Waals surface area contributed by atoms with Crippen molar-refractivity contribution in [2.75, 3.05) is 6.54 Å². The molecule has 1 atom stereocenters. The Balaban J connectivity index is 1.83. The summed E-state index contributed by atoms with van der Waals surface area (Å²) in [5, 5.41) is 6.84. The molecule has 20 heavy (non-hydrogen) atoms. The van der Waals surface area contributed by atoms with Gasteiger partial charge in [0.25, 0.3) is 0 Å². The maximum Gasteiger partial charge on any atom is 0.0777 e. The van der Waals surface area contributed by atoms with Gasteiger partial charge < -0.3 is 5.73 Å². The van der Waals surface area contributed by atoms with Crippen molar-refractivity contribution in [1.29, 1.82) is 0 Å². The van der Waals surface area contributed by atoms with Gasteiger partial charge in [-0.05, 0) is 11.1 Å². The van der Waals surface area contributed by atoms with Crippen LogP contribution in [-0.4, -0.2) is 17.3 Å². The second-order valence-corrected chi connectivity index (χ2v) is 5.08. The van der Waals surface area contributed by atoms with Crippen LogP contribution < -0.4 is 5.73 Å². The fourth-order valence-corrected chi connectivity index (χ4v) is 2.63. The zero-order valence-electron chi connectivity index (χ0n) is 11.4. The lowest BCUT2D eigenvalue weighted by atomic mass is 10.0. The third-order valence-corrected chi connectivity index (χ3v) is 3.67. The molecule has 0 saturated heterocycles. The van der Waals surface area contributed by atoms with E-state index in [-0.39, 0.29) is 0 Å². The number of rotatable bonds is 4. The summed E-state index contributed by atoms with van der Waals surface area (Å²) in [5.74, 6) is 0. The summed E-state index contributed by atoms with van der Waals surface area (Å²) in [6, 6.07) is 21.3. The molecule has 1 aliphatic rings. The van der Waals surface area contributed by atoms with E-state index in [1.807, 2.05) is 12.1 Å². The van der Waals surface area contributed by atoms with Gasteiger partial charge >= 0.3 is 0 Å². The molecule has 0 saturated carbocycles. The van der Waals surface area contributed by atoms with Crippen LogP contribution in [0.25, 0.3) is 0 Å². The molecule has 2 aromatic rings. The largest absolute Gasteiger partial charge is 0.325 e. The molecule has 2 N–H and O–H groups in total. The van der Waals surface area contributed by atoms with Gasteiger partial charge in [-0.2, -0.15) is 5.10 Å². The van der Waals surface area contributed by atoms with E-state index >= 15 is 0 Å². The number of nitrogens with zero attached hydrogens (tertiary/aromatic N) is 2. The third-order valence-electron chi connectivity index (χ3n) is 3.67. The summed E-state index contributed by atoms with van der Waals surface area (Å²) in [6.07, 6.45) is 0.924. The van der Waals surface area contributed by atoms with E-state index in [9.17, 15) is 0 Å². The zero-order valence-corrected chi connectivity index (χ0v) is 11.4. The van der Waals surface area contributed by atoms with Gasteiger partial charge in [0.05, 0.1) is 18.3 Å². The molecule has 0 amide bonds. The van der Waals surface area contributed by atoms with Crippen LogP contribution in [0.15, 0.2) is 65.8 Å². The third kappa shape index (κ3) is 2.73. The second kappa shape index (κ2) is 5.88. The number of nitrogens with two attached hydrogens (primary N) is 1. The van der Waals surface area contributed by atoms with Crippen LogP contribution in [-0.2, 0) is 6.54 Å². The Bertz CT molecular complexity index is 578. The molecule has 0 aliphatic carbocycles. The van der Waals surface area contributed by atoms with Gasteiger partial charge in [-0.1, -0.05) is 60.7 Å². The summed E-state index contributed by atoms with van der Waals surface area (Å²) in [5.41, 5.74) is 9.43. The van der Waals surface area contributed by atoms with Crippen LogP contribution in [0, 0.1) is 0 Å². The Hall–Kier alpha value is -2.13. The number of hydrogen-bond donors (Lipinski definition) is 1. The smallest absolute Gasteiger partial charge is 0.0777 e. The minimum Gasteiger partial charge on any atom is -0.325 e. The SMILES string of the molecule is NCC1=NN(Cc2ccccc2)C(c2ccccc2)C1. The highest BCUT2D eigenvalue weighted by Crippen LogP contribution is 2.31. The molecule has 102 valence electrons. The number of hydrazone groups is 1. The van der Waals surface area contributed by atoms with E-state index in [1.165, 1.54) is 11.1 Å². The van der Waals surface area contributed by atoms with Crippen molar-refractivity contribution in [3.8, 4) is 0 Å². The van der Waals surface area contributed by atoms with Crippen molar-refractivity contribution < 1.29 is 0 Å². The Morgan fingerprint density at radius 2 is 1.65 bits per heavy atom. The highest BCUT2D eigenvalue weighted by molar-refractivity contribution is 5.88. The molecular weight excluding hydrogens is 246 g/mol. The molecule has 0 fully saturated rings. The van der Waals surface area contributed by atoms with E-state index in [2.05, 4.69) is 58.6 Å². The molecule has 0 radical (unpaired) electrons. The highest BCUT2D eigenvalue weighted by atomic mass is 15.5. The van der Waals surface area contributed by atoms with Crippen molar-refractivity contribution in [3.05, 3.63) is 71.8 Å². The minimum absolute atomic E-state index is 0.301. The Kier molecular flexibility index (Phi) is 3.79. The van der Waals surface area contributed by atoms with Gasteiger partial charge in [0.1, 0.15) is 0 Å². The van der Waals surface area contributed by atoms with Crippen LogP contribution in [0.2, 0.25) is 0 Å². The maximum absolute atomic E-state index is 5.77. The topological polar surface area (TPSA) is 41.6 Å². The lowest BCUT2D eigenvalue weighted by Crippen LogP contribution is -2.19. The lowest BCUT2D eigenvalue weighted by Gasteiger charge is -2.24. The van der Waals surface area contributed by atoms with Crippen molar-refractivity contribution in [1.82, 2.24) is 5.01 Å². The number of hydrogen-bond acceptors (Lipinski definition) is 3. The molecule has 0 spiro atoms. The minimum atomic E-state index is 0.301. The van der Waals surface area contributed by atoms with E-state index in [0.29, 0.717) is 12.6 Å². The van der Waals surface area contributed by atoms with Crippen molar-refractivity contribution in [3.63, 3.8) is 0 Å². The standard InChI is InChI=1S/C17H19N3/c18-12-16-11-17(15-9-5-2-6-10-15)20(19-16)13-14-7-3-1-4-8-14/h1-10,17H,11-13,18H2. The van der Waals surface area contributed by atoms with Gasteiger partial charge in [0.15, 0.2) is 0 Å². The van der Waals surface area contributed by atoms with Crippen LogP contribution in [0.1, 0.15) is 23.6 Å². The molecule has 2 aromatic carbocycles. The summed E-state index contributed by atoms with van der Waals surface area (Å²) >= 11 is 0. The normalized spacial score (nSPS) is 18.1. The molecule has 3 rings (SSSR count). The van der Waals surface area contributed by atoms with Crippen molar-refractivity contribution in [2.45, 2.75) is 19.0 Å². The van der Waals surface area contributed by atoms with Crippen LogP contribution in [0.5, 0.6) is 0 Å². The Morgan fingerprint density at radius 3 is 2.30 bits per heavy atom. The van der Waals surface area contributed by atoms with Gasteiger partial charge in [0, 0.05) is 13.0 Å². The summed E-state index contributed by atoms with van der Waals surface area (Å²) in [4.78, 5) is 0. The predicted molar refractivity (Wildman–Crippen MR) is 82.3 cm³/mol. The average Bonchev–Trinajstić information content (AvgIpc) is 2.92. The van der Waals surface area contributed by atoms with Gasteiger partial charge in [-0.15, -0.1) is 0 Å². The van der Waals surface area contributed by atoms with Crippen LogP contribution >= 0.6 is 0 Å². The van der Waals surface area contributed by atoms with E-state index < -0.39 is 0 Å². The molecular formula is C17H19N3. The second-order valence-electron chi connectivity index (χ2n) is 5.08. The molecule has 0 aromatic heterocycles. The molecule has 1 unspecified atom stereocenters. The van der Waals surface area contributed by atoms with E-state index in [0.717, 1.165) is 18.7 Å². The van der Waals surface area contributed by atoms with Gasteiger partial charge in [0.2, 0.25) is 0 Å². The Labute approximate surface area is 119 Å². The fraction of sp³-hybridized carbons (Fsp3) is 0.235. The molecule has 0 bridgehead atoms. The average molecular weight is 265 g/mol. The van der Waals surface area contributed by atoms with Gasteiger partial charge in [-0.3, -0.25) is 5.01 Å². The monoisotopic (exact) mass is 265 g/mol. The highest BCUT2D eigenvalue weighted by Gasteiger charge is 2.26. The van der Waals surface area contributed by atoms with Gasteiger partial charge in [-0.25, -0.2) is 0 Å². The maximum atomic E-state index is 5.77. The first-order valence-electron chi connectivity index (χ1n) is 6.99. The Morgan fingerprint density at radius 1 is 1.00 bits per heavy atom.